The fraction of sp³-hybridized carbons (Fsp3) is 0.222. The molecule has 2 aromatic rings. The Labute approximate surface area is 153 Å². The van der Waals surface area contributed by atoms with E-state index in [1.807, 2.05) is 37.3 Å². The van der Waals surface area contributed by atoms with E-state index in [4.69, 9.17) is 0 Å². The van der Waals surface area contributed by atoms with Gasteiger partial charge in [-0.05, 0) is 18.6 Å². The highest BCUT2D eigenvalue weighted by atomic mass is 31.2. The molecule has 7 nitrogen and oxygen atoms in total. The third-order valence-corrected chi connectivity index (χ3v) is 4.76. The highest BCUT2D eigenvalue weighted by Gasteiger charge is 2.26. The minimum Gasteiger partial charge on any atom is -0.351 e. The van der Waals surface area contributed by atoms with Crippen LogP contribution in [0.3, 0.4) is 0 Å². The van der Waals surface area contributed by atoms with Gasteiger partial charge in [0.1, 0.15) is 5.78 Å². The Balaban J connectivity index is 2.27. The summed E-state index contributed by atoms with van der Waals surface area (Å²) in [5.74, 6) is -2.41. The molecule has 0 aliphatic carbocycles. The first-order valence-electron chi connectivity index (χ1n) is 8.04. The van der Waals surface area contributed by atoms with Crippen LogP contribution in [-0.2, 0) is 9.59 Å². The molecule has 2 amide bonds. The maximum atomic E-state index is 11.9. The van der Waals surface area contributed by atoms with Crippen LogP contribution in [0.1, 0.15) is 29.9 Å². The Bertz CT molecular complexity index is 755. The van der Waals surface area contributed by atoms with Gasteiger partial charge in [0.05, 0.1) is 0 Å². The lowest BCUT2D eigenvalue weighted by atomic mass is 10.1. The number of carbonyl (C=O) groups excluding carboxylic acids is 2. The monoisotopic (exact) mass is 375 g/mol. The van der Waals surface area contributed by atoms with Crippen LogP contribution in [-0.4, -0.2) is 28.6 Å². The standard InChI is InChI=1S/C18H22N3O4P/c1-12(13-8-4-3-5-9-13)20-18(26(24)25)14-10-6-7-11-15(14)21-17(23)16(22)19-2/h3-12,18,20,24-25H,1-2H3,(H,19,22)(H,21,23)/t12-,18?/m0/s1. The quantitative estimate of drug-likeness (QED) is 0.392. The first-order valence-corrected chi connectivity index (χ1v) is 9.35. The molecule has 0 bridgehead atoms. The predicted octanol–water partition coefficient (Wildman–Crippen LogP) is 2.02. The molecule has 0 aromatic heterocycles. The van der Waals surface area contributed by atoms with Crippen molar-refractivity contribution in [3.8, 4) is 0 Å². The van der Waals surface area contributed by atoms with Crippen molar-refractivity contribution in [1.82, 2.24) is 10.6 Å². The summed E-state index contributed by atoms with van der Waals surface area (Å²) in [6, 6.07) is 16.1. The van der Waals surface area contributed by atoms with Crippen molar-refractivity contribution >= 4 is 25.9 Å². The number of benzene rings is 2. The number of rotatable bonds is 6. The van der Waals surface area contributed by atoms with Gasteiger partial charge in [0, 0.05) is 24.3 Å². The summed E-state index contributed by atoms with van der Waals surface area (Å²) in [6.07, 6.45) is 0. The Kier molecular flexibility index (Phi) is 7.24. The molecular formula is C18H22N3O4P. The molecule has 2 aromatic carbocycles. The van der Waals surface area contributed by atoms with Crippen LogP contribution in [0.4, 0.5) is 5.69 Å². The zero-order valence-corrected chi connectivity index (χ0v) is 15.4. The van der Waals surface area contributed by atoms with Crippen LogP contribution in [0.5, 0.6) is 0 Å². The van der Waals surface area contributed by atoms with E-state index in [1.54, 1.807) is 24.3 Å². The van der Waals surface area contributed by atoms with Crippen molar-refractivity contribution in [2.45, 2.75) is 18.7 Å². The fourth-order valence-corrected chi connectivity index (χ4v) is 3.33. The van der Waals surface area contributed by atoms with E-state index in [1.165, 1.54) is 7.05 Å². The highest BCUT2D eigenvalue weighted by molar-refractivity contribution is 7.45. The molecule has 0 aliphatic rings. The van der Waals surface area contributed by atoms with E-state index in [0.29, 0.717) is 11.3 Å². The molecule has 0 aliphatic heterocycles. The fourth-order valence-electron chi connectivity index (χ4n) is 2.50. The summed E-state index contributed by atoms with van der Waals surface area (Å²) < 4.78 is 0. The van der Waals surface area contributed by atoms with Crippen molar-refractivity contribution in [2.75, 3.05) is 12.4 Å². The van der Waals surface area contributed by atoms with Crippen molar-refractivity contribution in [3.63, 3.8) is 0 Å². The Morgan fingerprint density at radius 3 is 2.19 bits per heavy atom. The molecule has 2 rings (SSSR count). The largest absolute Gasteiger partial charge is 0.351 e. The average molecular weight is 375 g/mol. The zero-order valence-electron chi connectivity index (χ0n) is 14.5. The number of amides is 2. The maximum Gasteiger partial charge on any atom is 0.313 e. The van der Waals surface area contributed by atoms with E-state index in [9.17, 15) is 19.4 Å². The minimum absolute atomic E-state index is 0.159. The van der Waals surface area contributed by atoms with Gasteiger partial charge in [-0.2, -0.15) is 0 Å². The molecule has 0 heterocycles. The van der Waals surface area contributed by atoms with E-state index < -0.39 is 26.0 Å². The summed E-state index contributed by atoms with van der Waals surface area (Å²) in [5.41, 5.74) is 1.82. The van der Waals surface area contributed by atoms with Crippen LogP contribution in [0, 0.1) is 0 Å². The molecule has 1 unspecified atom stereocenters. The molecule has 0 saturated heterocycles. The van der Waals surface area contributed by atoms with Gasteiger partial charge in [-0.15, -0.1) is 0 Å². The van der Waals surface area contributed by atoms with Crippen molar-refractivity contribution in [2.24, 2.45) is 0 Å². The van der Waals surface area contributed by atoms with Crippen molar-refractivity contribution in [3.05, 3.63) is 65.7 Å². The molecule has 8 heteroatoms. The molecule has 0 saturated carbocycles. The molecule has 0 fully saturated rings. The van der Waals surface area contributed by atoms with Gasteiger partial charge in [0.15, 0.2) is 8.38 Å². The van der Waals surface area contributed by atoms with Gasteiger partial charge in [-0.1, -0.05) is 48.5 Å². The Morgan fingerprint density at radius 2 is 1.58 bits per heavy atom. The molecule has 0 spiro atoms. The van der Waals surface area contributed by atoms with Gasteiger partial charge in [-0.3, -0.25) is 14.9 Å². The van der Waals surface area contributed by atoms with Gasteiger partial charge < -0.3 is 20.4 Å². The lowest BCUT2D eigenvalue weighted by Gasteiger charge is -2.26. The molecule has 138 valence electrons. The van der Waals surface area contributed by atoms with E-state index in [-0.39, 0.29) is 6.04 Å². The summed E-state index contributed by atoms with van der Waals surface area (Å²) in [7, 11) is -1.02. The van der Waals surface area contributed by atoms with Crippen LogP contribution < -0.4 is 16.0 Å². The average Bonchev–Trinajstić information content (AvgIpc) is 2.66. The maximum absolute atomic E-state index is 11.9. The minimum atomic E-state index is -2.39. The number of hydrogen-bond donors (Lipinski definition) is 5. The van der Waals surface area contributed by atoms with Crippen molar-refractivity contribution in [1.29, 1.82) is 0 Å². The second kappa shape index (κ2) is 9.40. The van der Waals surface area contributed by atoms with Gasteiger partial charge in [0.2, 0.25) is 0 Å². The van der Waals surface area contributed by atoms with Crippen LogP contribution in [0.2, 0.25) is 0 Å². The SMILES string of the molecule is CNC(=O)C(=O)Nc1ccccc1C(N[C@@H](C)c1ccccc1)P(O)O. The molecule has 5 N–H and O–H groups in total. The Morgan fingerprint density at radius 1 is 0.962 bits per heavy atom. The lowest BCUT2D eigenvalue weighted by Crippen LogP contribution is -2.33. The molecule has 0 radical (unpaired) electrons. The second-order valence-corrected chi connectivity index (χ2v) is 6.80. The predicted molar refractivity (Wildman–Crippen MR) is 101 cm³/mol. The zero-order chi connectivity index (χ0) is 19.1. The van der Waals surface area contributed by atoms with Crippen LogP contribution in [0.15, 0.2) is 54.6 Å². The molecule has 26 heavy (non-hydrogen) atoms. The number of likely N-dealkylation sites (N-methyl/N-ethyl adjacent to an activating group) is 1. The summed E-state index contributed by atoms with van der Waals surface area (Å²) in [5, 5.41) is 7.94. The first-order chi connectivity index (χ1) is 12.4. The van der Waals surface area contributed by atoms with Gasteiger partial charge in [-0.25, -0.2) is 0 Å². The van der Waals surface area contributed by atoms with E-state index >= 15 is 0 Å². The number of carbonyl (C=O) groups is 2. The van der Waals surface area contributed by atoms with Crippen LogP contribution in [0.25, 0.3) is 0 Å². The van der Waals surface area contributed by atoms with E-state index in [0.717, 1.165) is 5.56 Å². The molecule has 2 atom stereocenters. The number of hydrogen-bond acceptors (Lipinski definition) is 5. The van der Waals surface area contributed by atoms with Crippen molar-refractivity contribution < 1.29 is 19.4 Å². The van der Waals surface area contributed by atoms with Gasteiger partial charge >= 0.3 is 11.8 Å². The summed E-state index contributed by atoms with van der Waals surface area (Å²) >= 11 is 0. The molecular weight excluding hydrogens is 353 g/mol. The summed E-state index contributed by atoms with van der Waals surface area (Å²) in [6.45, 7) is 1.91. The third-order valence-electron chi connectivity index (χ3n) is 3.88. The summed E-state index contributed by atoms with van der Waals surface area (Å²) in [4.78, 5) is 43.2. The number of anilines is 1. The topological polar surface area (TPSA) is 111 Å². The smallest absolute Gasteiger partial charge is 0.313 e. The number of para-hydroxylation sites is 1. The van der Waals surface area contributed by atoms with Gasteiger partial charge in [0.25, 0.3) is 0 Å². The van der Waals surface area contributed by atoms with E-state index in [2.05, 4.69) is 16.0 Å². The highest BCUT2D eigenvalue weighted by Crippen LogP contribution is 2.45. The second-order valence-electron chi connectivity index (χ2n) is 5.64. The lowest BCUT2D eigenvalue weighted by molar-refractivity contribution is -0.135. The third kappa shape index (κ3) is 5.09. The number of nitrogens with one attached hydrogen (secondary N) is 3. The normalized spacial score (nSPS) is 13.1. The van der Waals surface area contributed by atoms with Crippen LogP contribution >= 0.6 is 8.38 Å². The first kappa shape index (κ1) is 20.0. The Hall–Kier alpha value is -2.31.